The number of aliphatic hydroxyl groups is 1. The van der Waals surface area contributed by atoms with Crippen LogP contribution in [-0.2, 0) is 0 Å². The summed E-state index contributed by atoms with van der Waals surface area (Å²) in [5, 5.41) is 9.24. The van der Waals surface area contributed by atoms with E-state index in [4.69, 9.17) is 0 Å². The smallest absolute Gasteiger partial charge is 0.0517 e. The van der Waals surface area contributed by atoms with E-state index in [1.165, 1.54) is 11.1 Å². The summed E-state index contributed by atoms with van der Waals surface area (Å²) in [4.78, 5) is 0. The van der Waals surface area contributed by atoms with Crippen LogP contribution in [0.5, 0.6) is 0 Å². The van der Waals surface area contributed by atoms with E-state index in [9.17, 15) is 5.11 Å². The fourth-order valence-electron chi connectivity index (χ4n) is 1.54. The molecular formula is C12H18O. The van der Waals surface area contributed by atoms with Crippen molar-refractivity contribution < 1.29 is 5.11 Å². The Hall–Kier alpha value is -0.820. The zero-order valence-electron chi connectivity index (χ0n) is 8.62. The summed E-state index contributed by atoms with van der Waals surface area (Å²) < 4.78 is 0. The molecule has 72 valence electrons. The lowest BCUT2D eigenvalue weighted by molar-refractivity contribution is 0.176. The first kappa shape index (κ1) is 10.3. The quantitative estimate of drug-likeness (QED) is 0.754. The van der Waals surface area contributed by atoms with E-state index < -0.39 is 0 Å². The van der Waals surface area contributed by atoms with Crippen LogP contribution in [-0.4, -0.2) is 11.2 Å². The Kier molecular flexibility index (Phi) is 3.49. The fraction of sp³-hybridized carbons (Fsp3) is 0.500. The first-order chi connectivity index (χ1) is 6.09. The van der Waals surface area contributed by atoms with Gasteiger partial charge in [0, 0.05) is 0 Å². The van der Waals surface area contributed by atoms with Gasteiger partial charge in [-0.1, -0.05) is 36.8 Å². The average molecular weight is 178 g/mol. The van der Waals surface area contributed by atoms with Crippen molar-refractivity contribution >= 4 is 0 Å². The van der Waals surface area contributed by atoms with Crippen LogP contribution in [0.2, 0.25) is 0 Å². The van der Waals surface area contributed by atoms with Crippen molar-refractivity contribution in [3.63, 3.8) is 0 Å². The van der Waals surface area contributed by atoms with Crippen LogP contribution < -0.4 is 0 Å². The summed E-state index contributed by atoms with van der Waals surface area (Å²) in [6, 6.07) is 8.52. The van der Waals surface area contributed by atoms with Crippen LogP contribution >= 0.6 is 0 Å². The van der Waals surface area contributed by atoms with Gasteiger partial charge in [0.2, 0.25) is 0 Å². The normalized spacial score (nSPS) is 15.4. The van der Waals surface area contributed by atoms with E-state index in [0.717, 1.165) is 6.42 Å². The minimum Gasteiger partial charge on any atom is -0.393 e. The second-order valence-corrected chi connectivity index (χ2v) is 3.90. The molecule has 1 aromatic carbocycles. The maximum atomic E-state index is 9.24. The number of aliphatic hydroxyl groups excluding tert-OH is 1. The zero-order chi connectivity index (χ0) is 9.84. The molecule has 1 heteroatoms. The molecule has 2 unspecified atom stereocenters. The highest BCUT2D eigenvalue weighted by Gasteiger charge is 2.07. The van der Waals surface area contributed by atoms with E-state index in [1.54, 1.807) is 0 Å². The molecule has 1 nitrogen and oxygen atoms in total. The molecule has 0 saturated heterocycles. The van der Waals surface area contributed by atoms with Gasteiger partial charge in [-0.2, -0.15) is 0 Å². The summed E-state index contributed by atoms with van der Waals surface area (Å²) in [5.41, 5.74) is 2.60. The van der Waals surface area contributed by atoms with Gasteiger partial charge in [-0.15, -0.1) is 0 Å². The van der Waals surface area contributed by atoms with Crippen molar-refractivity contribution in [2.75, 3.05) is 0 Å². The molecule has 0 saturated carbocycles. The number of benzene rings is 1. The maximum absolute atomic E-state index is 9.24. The molecule has 0 aliphatic carbocycles. The highest BCUT2D eigenvalue weighted by atomic mass is 16.3. The molecule has 1 rings (SSSR count). The second kappa shape index (κ2) is 4.43. The lowest BCUT2D eigenvalue weighted by Gasteiger charge is -2.13. The number of aryl methyl sites for hydroxylation is 1. The van der Waals surface area contributed by atoms with Gasteiger partial charge >= 0.3 is 0 Å². The van der Waals surface area contributed by atoms with E-state index in [1.807, 2.05) is 6.92 Å². The first-order valence-electron chi connectivity index (χ1n) is 4.84. The molecule has 0 aromatic heterocycles. The van der Waals surface area contributed by atoms with Crippen LogP contribution in [0.3, 0.4) is 0 Å². The summed E-state index contributed by atoms with van der Waals surface area (Å²) in [5.74, 6) is 0.445. The van der Waals surface area contributed by atoms with E-state index in [-0.39, 0.29) is 6.10 Å². The number of rotatable bonds is 3. The largest absolute Gasteiger partial charge is 0.393 e. The Labute approximate surface area is 80.4 Å². The topological polar surface area (TPSA) is 20.2 Å². The third kappa shape index (κ3) is 3.19. The fourth-order valence-corrected chi connectivity index (χ4v) is 1.54. The Morgan fingerprint density at radius 3 is 2.15 bits per heavy atom. The molecule has 0 fully saturated rings. The molecule has 1 N–H and O–H groups in total. The van der Waals surface area contributed by atoms with Crippen LogP contribution in [0.4, 0.5) is 0 Å². The highest BCUT2D eigenvalue weighted by molar-refractivity contribution is 5.24. The van der Waals surface area contributed by atoms with Crippen molar-refractivity contribution in [1.29, 1.82) is 0 Å². The van der Waals surface area contributed by atoms with Crippen molar-refractivity contribution in [1.82, 2.24) is 0 Å². The van der Waals surface area contributed by atoms with Gasteiger partial charge in [-0.3, -0.25) is 0 Å². The Morgan fingerprint density at radius 1 is 1.15 bits per heavy atom. The molecule has 0 bridgehead atoms. The molecule has 1 aromatic rings. The Bertz CT molecular complexity index is 248. The third-order valence-electron chi connectivity index (χ3n) is 2.34. The maximum Gasteiger partial charge on any atom is 0.0517 e. The average Bonchev–Trinajstić information content (AvgIpc) is 2.04. The molecule has 0 spiro atoms. The number of hydrogen-bond donors (Lipinski definition) is 1. The van der Waals surface area contributed by atoms with E-state index in [0.29, 0.717) is 5.92 Å². The SMILES string of the molecule is Cc1ccc(C(C)CC(C)O)cc1. The van der Waals surface area contributed by atoms with Gasteiger partial charge in [-0.05, 0) is 31.7 Å². The molecule has 0 aliphatic rings. The lowest BCUT2D eigenvalue weighted by Crippen LogP contribution is -2.05. The summed E-state index contributed by atoms with van der Waals surface area (Å²) in [6.07, 6.45) is 0.625. The van der Waals surface area contributed by atoms with Crippen LogP contribution in [0.15, 0.2) is 24.3 Å². The van der Waals surface area contributed by atoms with Crippen molar-refractivity contribution in [2.24, 2.45) is 0 Å². The second-order valence-electron chi connectivity index (χ2n) is 3.90. The van der Waals surface area contributed by atoms with Gasteiger partial charge in [0.05, 0.1) is 6.10 Å². The zero-order valence-corrected chi connectivity index (χ0v) is 8.62. The van der Waals surface area contributed by atoms with Gasteiger partial charge in [-0.25, -0.2) is 0 Å². The minimum absolute atomic E-state index is 0.212. The minimum atomic E-state index is -0.212. The monoisotopic (exact) mass is 178 g/mol. The van der Waals surface area contributed by atoms with Gasteiger partial charge in [0.25, 0.3) is 0 Å². The van der Waals surface area contributed by atoms with Gasteiger partial charge < -0.3 is 5.11 Å². The van der Waals surface area contributed by atoms with Gasteiger partial charge in [0.1, 0.15) is 0 Å². The van der Waals surface area contributed by atoms with Crippen molar-refractivity contribution in [3.8, 4) is 0 Å². The molecule has 0 aliphatic heterocycles. The molecule has 0 heterocycles. The molecule has 0 amide bonds. The lowest BCUT2D eigenvalue weighted by atomic mass is 9.95. The van der Waals surface area contributed by atoms with Crippen molar-refractivity contribution in [2.45, 2.75) is 39.2 Å². The molecule has 13 heavy (non-hydrogen) atoms. The number of hydrogen-bond acceptors (Lipinski definition) is 1. The highest BCUT2D eigenvalue weighted by Crippen LogP contribution is 2.20. The third-order valence-corrected chi connectivity index (χ3v) is 2.34. The molecule has 2 atom stereocenters. The predicted molar refractivity (Wildman–Crippen MR) is 55.9 cm³/mol. The summed E-state index contributed by atoms with van der Waals surface area (Å²) in [7, 11) is 0. The summed E-state index contributed by atoms with van der Waals surface area (Å²) in [6.45, 7) is 6.07. The molecule has 0 radical (unpaired) electrons. The standard InChI is InChI=1S/C12H18O/c1-9-4-6-12(7-5-9)10(2)8-11(3)13/h4-7,10-11,13H,8H2,1-3H3. The van der Waals surface area contributed by atoms with E-state index >= 15 is 0 Å². The van der Waals surface area contributed by atoms with Crippen LogP contribution in [0.25, 0.3) is 0 Å². The predicted octanol–water partition coefficient (Wildman–Crippen LogP) is 2.87. The Morgan fingerprint density at radius 2 is 1.69 bits per heavy atom. The van der Waals surface area contributed by atoms with Crippen LogP contribution in [0, 0.1) is 6.92 Å². The van der Waals surface area contributed by atoms with Gasteiger partial charge in [0.15, 0.2) is 0 Å². The van der Waals surface area contributed by atoms with E-state index in [2.05, 4.69) is 38.1 Å². The van der Waals surface area contributed by atoms with Crippen LogP contribution in [0.1, 0.15) is 37.3 Å². The molecular weight excluding hydrogens is 160 g/mol. The first-order valence-corrected chi connectivity index (χ1v) is 4.84. The summed E-state index contributed by atoms with van der Waals surface area (Å²) >= 11 is 0. The van der Waals surface area contributed by atoms with Crippen molar-refractivity contribution in [3.05, 3.63) is 35.4 Å². The Balaban J connectivity index is 2.66.